The van der Waals surface area contributed by atoms with Crippen molar-refractivity contribution in [3.8, 4) is 5.75 Å². The van der Waals surface area contributed by atoms with E-state index in [0.717, 1.165) is 44.2 Å². The van der Waals surface area contributed by atoms with Crippen LogP contribution in [-0.2, 0) is 30.2 Å². The van der Waals surface area contributed by atoms with Crippen molar-refractivity contribution in [2.75, 3.05) is 0 Å². The summed E-state index contributed by atoms with van der Waals surface area (Å²) in [7, 11) is -22.3. The first-order valence-electron chi connectivity index (χ1n) is 9.52. The first kappa shape index (κ1) is 30.4. The number of rotatable bonds is 9. The first-order valence-corrected chi connectivity index (χ1v) is 13.9. The van der Waals surface area contributed by atoms with Gasteiger partial charge in [0.15, 0.2) is 0 Å². The highest BCUT2D eigenvalue weighted by atomic mass is 32.3. The van der Waals surface area contributed by atoms with Gasteiger partial charge in [0.25, 0.3) is 10.0 Å². The molecule has 0 saturated heterocycles. The van der Waals surface area contributed by atoms with E-state index in [9.17, 15) is 64.8 Å². The van der Waals surface area contributed by atoms with Gasteiger partial charge >= 0.3 is 42.1 Å². The Labute approximate surface area is 199 Å². The molecule has 1 N–H and O–H groups in total. The van der Waals surface area contributed by atoms with Crippen molar-refractivity contribution >= 4 is 30.2 Å². The molecule has 0 aliphatic heterocycles. The van der Waals surface area contributed by atoms with Crippen LogP contribution in [0.15, 0.2) is 24.3 Å². The van der Waals surface area contributed by atoms with Crippen LogP contribution in [0.4, 0.5) is 39.5 Å². The van der Waals surface area contributed by atoms with Gasteiger partial charge in [-0.05, 0) is 36.5 Å². The number of hydrogen-bond acceptors (Lipinski definition) is 7. The molecule has 1 aliphatic carbocycles. The standard InChI is InChI=1S/C16H16F9NO7S3/c17-13(18,14(19,20)34(27,28)26-35(29,30)16(23,24)25)15(21,22)36(31,32)33-12-8-6-11(7-9-12)10-4-2-1-3-5-10/h6-10,26H,1-5H2. The Balaban J connectivity index is 2.36. The lowest BCUT2D eigenvalue weighted by Crippen LogP contribution is -2.64. The summed E-state index contributed by atoms with van der Waals surface area (Å²) in [5.41, 5.74) is -6.04. The summed E-state index contributed by atoms with van der Waals surface area (Å²) in [5, 5.41) is -14.5. The minimum Gasteiger partial charge on any atom is -0.378 e. The van der Waals surface area contributed by atoms with Gasteiger partial charge in [0.2, 0.25) is 0 Å². The highest BCUT2D eigenvalue weighted by molar-refractivity contribution is 8.05. The largest absolute Gasteiger partial charge is 0.512 e. The van der Waals surface area contributed by atoms with Gasteiger partial charge in [-0.25, -0.2) is 16.8 Å². The molecular formula is C16H16F9NO7S3. The minimum absolute atomic E-state index is 0.0135. The molecule has 1 aromatic rings. The summed E-state index contributed by atoms with van der Waals surface area (Å²) in [6.07, 6.45) is 4.19. The zero-order chi connectivity index (χ0) is 28.0. The molecule has 0 aromatic heterocycles. The van der Waals surface area contributed by atoms with Crippen molar-refractivity contribution in [1.29, 1.82) is 0 Å². The van der Waals surface area contributed by atoms with Crippen molar-refractivity contribution in [2.45, 2.75) is 60.0 Å². The van der Waals surface area contributed by atoms with Gasteiger partial charge in [-0.2, -0.15) is 47.9 Å². The Morgan fingerprint density at radius 2 is 1.17 bits per heavy atom. The smallest absolute Gasteiger partial charge is 0.378 e. The Kier molecular flexibility index (Phi) is 8.03. The molecule has 0 radical (unpaired) electrons. The van der Waals surface area contributed by atoms with E-state index in [1.807, 2.05) is 0 Å². The molecule has 0 atom stereocenters. The maximum atomic E-state index is 14.1. The third kappa shape index (κ3) is 5.40. The van der Waals surface area contributed by atoms with Gasteiger partial charge in [0.1, 0.15) is 5.75 Å². The highest BCUT2D eigenvalue weighted by Gasteiger charge is 2.83. The number of hydrogen-bond donors (Lipinski definition) is 1. The fraction of sp³-hybridized carbons (Fsp3) is 0.625. The van der Waals surface area contributed by atoms with Crippen LogP contribution in [-0.4, -0.2) is 47.2 Å². The third-order valence-corrected chi connectivity index (χ3v) is 9.66. The Bertz CT molecular complexity index is 1270. The van der Waals surface area contributed by atoms with E-state index in [0.29, 0.717) is 5.56 Å². The normalized spacial score (nSPS) is 17.7. The van der Waals surface area contributed by atoms with Gasteiger partial charge in [-0.1, -0.05) is 35.5 Å². The first-order chi connectivity index (χ1) is 16.0. The Hall–Kier alpha value is -1.80. The molecular weight excluding hydrogens is 585 g/mol. The molecule has 0 spiro atoms. The summed E-state index contributed by atoms with van der Waals surface area (Å²) >= 11 is 0. The highest BCUT2D eigenvalue weighted by Crippen LogP contribution is 2.51. The molecule has 36 heavy (non-hydrogen) atoms. The van der Waals surface area contributed by atoms with Crippen molar-refractivity contribution < 1.29 is 69.0 Å². The molecule has 20 heteroatoms. The summed E-state index contributed by atoms with van der Waals surface area (Å²) in [6, 6.07) is 3.87. The van der Waals surface area contributed by atoms with Crippen LogP contribution in [0.5, 0.6) is 5.75 Å². The number of benzene rings is 1. The average Bonchev–Trinajstić information content (AvgIpc) is 2.72. The lowest BCUT2D eigenvalue weighted by atomic mass is 9.84. The van der Waals surface area contributed by atoms with E-state index in [4.69, 9.17) is 0 Å². The molecule has 1 fully saturated rings. The Morgan fingerprint density at radius 3 is 1.61 bits per heavy atom. The van der Waals surface area contributed by atoms with Crippen LogP contribution < -0.4 is 8.31 Å². The monoisotopic (exact) mass is 601 g/mol. The van der Waals surface area contributed by atoms with Crippen LogP contribution in [0, 0.1) is 0 Å². The molecule has 0 heterocycles. The second kappa shape index (κ2) is 9.50. The molecule has 1 aliphatic rings. The predicted octanol–water partition coefficient (Wildman–Crippen LogP) is 4.03. The zero-order valence-electron chi connectivity index (χ0n) is 17.4. The second-order valence-corrected chi connectivity index (χ2v) is 12.8. The van der Waals surface area contributed by atoms with Gasteiger partial charge in [0, 0.05) is 0 Å². The van der Waals surface area contributed by atoms with Crippen molar-refractivity contribution in [2.24, 2.45) is 0 Å². The van der Waals surface area contributed by atoms with Crippen LogP contribution in [0.1, 0.15) is 43.6 Å². The lowest BCUT2D eigenvalue weighted by Gasteiger charge is -2.31. The topological polar surface area (TPSA) is 124 Å². The zero-order valence-corrected chi connectivity index (χ0v) is 19.9. The van der Waals surface area contributed by atoms with Gasteiger partial charge in [-0.3, -0.25) is 0 Å². The van der Waals surface area contributed by atoms with Crippen LogP contribution in [0.2, 0.25) is 0 Å². The summed E-state index contributed by atoms with van der Waals surface area (Å²) in [4.78, 5) is 0. The van der Waals surface area contributed by atoms with Crippen LogP contribution in [0.3, 0.4) is 0 Å². The van der Waals surface area contributed by atoms with Crippen molar-refractivity contribution in [1.82, 2.24) is 4.13 Å². The van der Waals surface area contributed by atoms with Crippen molar-refractivity contribution in [3.05, 3.63) is 29.8 Å². The quantitative estimate of drug-likeness (QED) is 0.335. The van der Waals surface area contributed by atoms with E-state index < -0.39 is 62.0 Å². The van der Waals surface area contributed by atoms with E-state index in [-0.39, 0.29) is 5.92 Å². The fourth-order valence-electron chi connectivity index (χ4n) is 3.15. The summed E-state index contributed by atoms with van der Waals surface area (Å²) < 4.78 is 191. The number of sulfonamides is 2. The van der Waals surface area contributed by atoms with Gasteiger partial charge in [-0.15, -0.1) is 0 Å². The number of halogens is 9. The maximum Gasteiger partial charge on any atom is 0.512 e. The summed E-state index contributed by atoms with van der Waals surface area (Å²) in [5.74, 6) is -8.58. The van der Waals surface area contributed by atoms with Crippen LogP contribution >= 0.6 is 0 Å². The van der Waals surface area contributed by atoms with E-state index in [1.54, 1.807) is 0 Å². The molecule has 1 saturated carbocycles. The van der Waals surface area contributed by atoms with E-state index in [2.05, 4.69) is 4.18 Å². The van der Waals surface area contributed by atoms with E-state index >= 15 is 0 Å². The molecule has 8 nitrogen and oxygen atoms in total. The van der Waals surface area contributed by atoms with Crippen LogP contribution in [0.25, 0.3) is 0 Å². The molecule has 0 bridgehead atoms. The van der Waals surface area contributed by atoms with Gasteiger partial charge < -0.3 is 4.18 Å². The van der Waals surface area contributed by atoms with E-state index in [1.165, 1.54) is 12.1 Å². The SMILES string of the molecule is O=S(=O)(NS(=O)(=O)C(F)(F)C(F)(F)C(F)(F)S(=O)(=O)Oc1ccc(C2CCCCC2)cc1)C(F)(F)F. The maximum absolute atomic E-state index is 14.1. The number of alkyl halides is 9. The molecule has 208 valence electrons. The fourth-order valence-corrected chi connectivity index (χ4v) is 6.54. The molecule has 1 aromatic carbocycles. The molecule has 0 amide bonds. The number of nitrogens with one attached hydrogen (secondary N) is 1. The third-order valence-electron chi connectivity index (χ3n) is 5.07. The van der Waals surface area contributed by atoms with Crippen molar-refractivity contribution in [3.63, 3.8) is 0 Å². The molecule has 0 unspecified atom stereocenters. The average molecular weight is 601 g/mol. The predicted molar refractivity (Wildman–Crippen MR) is 104 cm³/mol. The molecule has 2 rings (SSSR count). The van der Waals surface area contributed by atoms with Gasteiger partial charge in [0.05, 0.1) is 0 Å². The summed E-state index contributed by atoms with van der Waals surface area (Å²) in [6.45, 7) is 0. The second-order valence-electron chi connectivity index (χ2n) is 7.59. The Morgan fingerprint density at radius 1 is 0.694 bits per heavy atom. The lowest BCUT2D eigenvalue weighted by molar-refractivity contribution is -0.245. The minimum atomic E-state index is -7.83.